The van der Waals surface area contributed by atoms with Gasteiger partial charge in [-0.2, -0.15) is 5.10 Å². The summed E-state index contributed by atoms with van der Waals surface area (Å²) in [6, 6.07) is 21.7. The van der Waals surface area contributed by atoms with Crippen molar-refractivity contribution in [3.63, 3.8) is 0 Å². The number of nitrogens with one attached hydrogen (secondary N) is 2. The average molecular weight is 536 g/mol. The van der Waals surface area contributed by atoms with Crippen molar-refractivity contribution in [1.82, 2.24) is 35.1 Å². The maximum atomic E-state index is 6.18. The number of aromatic nitrogens is 7. The van der Waals surface area contributed by atoms with Crippen LogP contribution in [0.1, 0.15) is 5.56 Å². The van der Waals surface area contributed by atoms with E-state index >= 15 is 0 Å². The molecule has 8 nitrogen and oxygen atoms in total. The minimum absolute atomic E-state index is 0.462. The zero-order chi connectivity index (χ0) is 25.5. The molecule has 6 aromatic heterocycles. The summed E-state index contributed by atoms with van der Waals surface area (Å²) in [5.41, 5.74) is 7.18. The van der Waals surface area contributed by atoms with Gasteiger partial charge in [-0.05, 0) is 42.0 Å². The van der Waals surface area contributed by atoms with Crippen LogP contribution in [0, 0.1) is 0 Å². The second kappa shape index (κ2) is 9.37. The van der Waals surface area contributed by atoms with Crippen LogP contribution in [0.4, 0.5) is 0 Å². The van der Waals surface area contributed by atoms with E-state index in [9.17, 15) is 0 Å². The van der Waals surface area contributed by atoms with Crippen LogP contribution < -0.4 is 4.74 Å². The van der Waals surface area contributed by atoms with E-state index in [0.717, 1.165) is 42.6 Å². The number of fused-ring (bicyclic) bond motifs is 2. The van der Waals surface area contributed by atoms with Crippen molar-refractivity contribution in [1.29, 1.82) is 0 Å². The molecule has 0 fully saturated rings. The van der Waals surface area contributed by atoms with Crippen molar-refractivity contribution in [2.24, 2.45) is 0 Å². The highest BCUT2D eigenvalue weighted by Gasteiger charge is 2.18. The van der Waals surface area contributed by atoms with Crippen LogP contribution >= 0.6 is 22.9 Å². The first kappa shape index (κ1) is 22.6. The Morgan fingerprint density at radius 2 is 1.87 bits per heavy atom. The number of benzene rings is 1. The SMILES string of the molecule is Clc1ccc(-c2ccnc3nc(-c4n[nH]c5ccc(-c6cncc(OCc7ccccc7)c6)nc45)[nH]c23)s1. The van der Waals surface area contributed by atoms with E-state index in [4.69, 9.17) is 26.3 Å². The summed E-state index contributed by atoms with van der Waals surface area (Å²) < 4.78 is 6.69. The van der Waals surface area contributed by atoms with Gasteiger partial charge in [0.2, 0.25) is 0 Å². The number of pyridine rings is 3. The highest BCUT2D eigenvalue weighted by molar-refractivity contribution is 7.19. The summed E-state index contributed by atoms with van der Waals surface area (Å²) in [5, 5.41) is 7.58. The predicted molar refractivity (Wildman–Crippen MR) is 149 cm³/mol. The molecule has 0 atom stereocenters. The molecule has 0 aliphatic carbocycles. The molecule has 0 unspecified atom stereocenters. The van der Waals surface area contributed by atoms with Gasteiger partial charge in [-0.3, -0.25) is 10.1 Å². The van der Waals surface area contributed by atoms with E-state index in [0.29, 0.717) is 35.0 Å². The normalized spacial score (nSPS) is 11.4. The fraction of sp³-hybridized carbons (Fsp3) is 0.0357. The Morgan fingerprint density at radius 1 is 0.947 bits per heavy atom. The smallest absolute Gasteiger partial charge is 0.178 e. The number of ether oxygens (including phenoxy) is 1. The molecule has 0 bridgehead atoms. The second-order valence-corrected chi connectivity index (χ2v) is 10.3. The van der Waals surface area contributed by atoms with Crippen LogP contribution in [-0.4, -0.2) is 35.1 Å². The second-order valence-electron chi connectivity index (χ2n) is 8.59. The zero-order valence-electron chi connectivity index (χ0n) is 19.7. The third-order valence-corrected chi connectivity index (χ3v) is 7.38. The summed E-state index contributed by atoms with van der Waals surface area (Å²) >= 11 is 7.68. The Hall–Kier alpha value is -4.60. The van der Waals surface area contributed by atoms with Gasteiger partial charge >= 0.3 is 0 Å². The lowest BCUT2D eigenvalue weighted by atomic mass is 10.1. The molecule has 38 heavy (non-hydrogen) atoms. The Morgan fingerprint density at radius 3 is 2.74 bits per heavy atom. The van der Waals surface area contributed by atoms with E-state index in [1.807, 2.05) is 66.7 Å². The van der Waals surface area contributed by atoms with Crippen molar-refractivity contribution >= 4 is 45.1 Å². The monoisotopic (exact) mass is 535 g/mol. The van der Waals surface area contributed by atoms with Gasteiger partial charge in [0, 0.05) is 28.4 Å². The topological polar surface area (TPSA) is 105 Å². The van der Waals surface area contributed by atoms with E-state index in [1.165, 1.54) is 11.3 Å². The number of H-pyrrole nitrogens is 2. The van der Waals surface area contributed by atoms with Crippen molar-refractivity contribution in [3.05, 3.63) is 95.2 Å². The highest BCUT2D eigenvalue weighted by Crippen LogP contribution is 2.35. The van der Waals surface area contributed by atoms with Crippen LogP contribution in [0.25, 0.3) is 55.4 Å². The minimum atomic E-state index is 0.462. The molecule has 0 aliphatic rings. The van der Waals surface area contributed by atoms with Gasteiger partial charge in [0.05, 0.1) is 27.3 Å². The standard InChI is InChI=1S/C28H18ClN7OS/c29-23-9-8-22(38-23)19-10-11-31-27-24(19)33-28(34-27)26-25-21(35-36-26)7-6-20(32-25)17-12-18(14-30-13-17)37-15-16-4-2-1-3-5-16/h1-14H,15H2,(H,35,36)(H,31,33,34). The van der Waals surface area contributed by atoms with Gasteiger partial charge < -0.3 is 9.72 Å². The Kier molecular flexibility index (Phi) is 5.57. The quantitative estimate of drug-likeness (QED) is 0.239. The van der Waals surface area contributed by atoms with Gasteiger partial charge in [0.1, 0.15) is 17.9 Å². The van der Waals surface area contributed by atoms with Crippen LogP contribution in [-0.2, 0) is 6.61 Å². The van der Waals surface area contributed by atoms with E-state index in [1.54, 1.807) is 18.6 Å². The fourth-order valence-electron chi connectivity index (χ4n) is 4.29. The van der Waals surface area contributed by atoms with E-state index in [2.05, 4.69) is 25.1 Å². The largest absolute Gasteiger partial charge is 0.487 e. The number of halogens is 1. The summed E-state index contributed by atoms with van der Waals surface area (Å²) in [4.78, 5) is 22.9. The first-order chi connectivity index (χ1) is 18.7. The third-order valence-electron chi connectivity index (χ3n) is 6.12. The molecule has 1 aromatic carbocycles. The van der Waals surface area contributed by atoms with Gasteiger partial charge in [-0.15, -0.1) is 11.3 Å². The Labute approximate surface area is 225 Å². The summed E-state index contributed by atoms with van der Waals surface area (Å²) in [5.74, 6) is 1.25. The number of hydrogen-bond donors (Lipinski definition) is 2. The number of thiophene rings is 1. The molecule has 0 radical (unpaired) electrons. The summed E-state index contributed by atoms with van der Waals surface area (Å²) in [6.45, 7) is 0.462. The molecule has 0 saturated carbocycles. The summed E-state index contributed by atoms with van der Waals surface area (Å²) in [7, 11) is 0. The molecular formula is C28H18ClN7OS. The Balaban J connectivity index is 1.24. The van der Waals surface area contributed by atoms with Crippen molar-refractivity contribution in [2.45, 2.75) is 6.61 Å². The van der Waals surface area contributed by atoms with Crippen LogP contribution in [0.2, 0.25) is 4.34 Å². The predicted octanol–water partition coefficient (Wildman–Crippen LogP) is 6.92. The van der Waals surface area contributed by atoms with Crippen LogP contribution in [0.3, 0.4) is 0 Å². The molecule has 0 amide bonds. The molecule has 2 N–H and O–H groups in total. The number of nitrogens with zero attached hydrogens (tertiary/aromatic N) is 5. The van der Waals surface area contributed by atoms with Crippen molar-refractivity contribution in [3.8, 4) is 39.0 Å². The molecule has 0 saturated heterocycles. The molecular weight excluding hydrogens is 518 g/mol. The third kappa shape index (κ3) is 4.17. The van der Waals surface area contributed by atoms with Gasteiger partial charge in [0.25, 0.3) is 0 Å². The lowest BCUT2D eigenvalue weighted by Crippen LogP contribution is -1.96. The lowest BCUT2D eigenvalue weighted by molar-refractivity contribution is 0.305. The molecule has 184 valence electrons. The van der Waals surface area contributed by atoms with Crippen LogP contribution in [0.15, 0.2) is 85.3 Å². The number of rotatable bonds is 6. The molecule has 10 heteroatoms. The first-order valence-corrected chi connectivity index (χ1v) is 13.0. The minimum Gasteiger partial charge on any atom is -0.487 e. The molecule has 6 heterocycles. The zero-order valence-corrected chi connectivity index (χ0v) is 21.3. The van der Waals surface area contributed by atoms with Gasteiger partial charge in [-0.1, -0.05) is 41.9 Å². The number of imidazole rings is 1. The van der Waals surface area contributed by atoms with Crippen LogP contribution in [0.5, 0.6) is 5.75 Å². The van der Waals surface area contributed by atoms with Gasteiger partial charge in [-0.25, -0.2) is 15.0 Å². The highest BCUT2D eigenvalue weighted by atomic mass is 35.5. The van der Waals surface area contributed by atoms with E-state index in [-0.39, 0.29) is 0 Å². The maximum absolute atomic E-state index is 6.18. The molecule has 7 rings (SSSR count). The fourth-order valence-corrected chi connectivity index (χ4v) is 5.37. The molecule has 7 aromatic rings. The number of hydrogen-bond acceptors (Lipinski definition) is 7. The number of aromatic amines is 2. The maximum Gasteiger partial charge on any atom is 0.178 e. The molecule has 0 spiro atoms. The Bertz CT molecular complexity index is 1910. The van der Waals surface area contributed by atoms with Crippen molar-refractivity contribution in [2.75, 3.05) is 0 Å². The van der Waals surface area contributed by atoms with E-state index < -0.39 is 0 Å². The van der Waals surface area contributed by atoms with Gasteiger partial charge in [0.15, 0.2) is 17.2 Å². The average Bonchev–Trinajstić information content (AvgIpc) is 3.70. The lowest BCUT2D eigenvalue weighted by Gasteiger charge is -2.08. The molecule has 0 aliphatic heterocycles. The summed E-state index contributed by atoms with van der Waals surface area (Å²) in [6.07, 6.45) is 5.22. The van der Waals surface area contributed by atoms with Crippen molar-refractivity contribution < 1.29 is 4.74 Å². The first-order valence-electron chi connectivity index (χ1n) is 11.8.